The Kier molecular flexibility index (Phi) is 5.65. The maximum absolute atomic E-state index is 2.40. The second-order valence-electron chi connectivity index (χ2n) is 3.75. The van der Waals surface area contributed by atoms with E-state index in [2.05, 4.69) is 6.92 Å². The summed E-state index contributed by atoms with van der Waals surface area (Å²) in [7, 11) is 0. The third-order valence-corrected chi connectivity index (χ3v) is 3.13. The molecule has 2 fully saturated rings. The molecule has 0 saturated heterocycles. The minimum Gasteiger partial charge on any atom is -1.00 e. The Morgan fingerprint density at radius 1 is 1.18 bits per heavy atom. The molecule has 2 rings (SSSR count). The molecule has 0 aromatic rings. The summed E-state index contributed by atoms with van der Waals surface area (Å²) < 4.78 is 0. The van der Waals surface area contributed by atoms with Crippen LogP contribution in [0.3, 0.4) is 0 Å². The van der Waals surface area contributed by atoms with E-state index < -0.39 is 0 Å². The maximum atomic E-state index is 2.40. The summed E-state index contributed by atoms with van der Waals surface area (Å²) in [6.07, 6.45) is 7.47. The van der Waals surface area contributed by atoms with Crippen molar-refractivity contribution < 1.29 is 17.0 Å². The molecule has 0 spiro atoms. The topological polar surface area (TPSA) is 0 Å². The summed E-state index contributed by atoms with van der Waals surface area (Å²) in [5.41, 5.74) is 0. The molecular weight excluding hydrogens is 212 g/mol. The third kappa shape index (κ3) is 2.60. The van der Waals surface area contributed by atoms with E-state index in [0.29, 0.717) is 0 Å². The second-order valence-corrected chi connectivity index (χ2v) is 3.75. The first kappa shape index (κ1) is 12.2. The van der Waals surface area contributed by atoms with Gasteiger partial charge < -0.3 is 22.9 Å². The average Bonchev–Trinajstić information content (AvgIpc) is 2.25. The van der Waals surface area contributed by atoms with Gasteiger partial charge in [-0.25, -0.2) is 0 Å². The van der Waals surface area contributed by atoms with Gasteiger partial charge in [0.2, 0.25) is 0 Å². The molecular formula is C9H15BrMg. The average molecular weight is 227 g/mol. The predicted octanol–water partition coefficient (Wildman–Crippen LogP) is -0.586. The molecule has 2 heteroatoms. The molecule has 11 heavy (non-hydrogen) atoms. The number of hydrogen-bond donors (Lipinski definition) is 0. The number of hydrogen-bond acceptors (Lipinski definition) is 0. The van der Waals surface area contributed by atoms with Crippen LogP contribution < -0.4 is 17.0 Å². The van der Waals surface area contributed by atoms with E-state index in [9.17, 15) is 0 Å². The molecule has 2 aliphatic carbocycles. The van der Waals surface area contributed by atoms with Gasteiger partial charge in [0.05, 0.1) is 0 Å². The van der Waals surface area contributed by atoms with Crippen LogP contribution in [0, 0.1) is 17.8 Å². The normalized spacial score (nSPS) is 35.7. The Labute approximate surface area is 96.4 Å². The molecule has 2 bridgehead atoms. The first-order valence-electron chi connectivity index (χ1n) is 4.21. The Morgan fingerprint density at radius 3 is 2.55 bits per heavy atom. The van der Waals surface area contributed by atoms with Crippen molar-refractivity contribution in [3.05, 3.63) is 5.92 Å². The molecule has 0 N–H and O–H groups in total. The molecule has 60 valence electrons. The van der Waals surface area contributed by atoms with Crippen LogP contribution in [0.5, 0.6) is 0 Å². The van der Waals surface area contributed by atoms with Crippen molar-refractivity contribution in [2.24, 2.45) is 11.8 Å². The number of halogens is 1. The molecule has 0 aromatic heterocycles. The van der Waals surface area contributed by atoms with Gasteiger partial charge in [0.1, 0.15) is 0 Å². The standard InChI is InChI=1S/C9H15.BrH.Mg/c1-7-2-3-8-4-5-9(7)6-8;;/h7-8H,2-6H2,1H3;1H;/q-1;;+2/p-1. The predicted molar refractivity (Wildman–Crippen MR) is 44.7 cm³/mol. The molecule has 0 aromatic carbocycles. The zero-order chi connectivity index (χ0) is 6.27. The van der Waals surface area contributed by atoms with E-state index >= 15 is 0 Å². The van der Waals surface area contributed by atoms with Crippen molar-refractivity contribution in [2.75, 3.05) is 0 Å². The van der Waals surface area contributed by atoms with E-state index in [4.69, 9.17) is 0 Å². The SMILES string of the molecule is CC1CCC2CC[C-]1C2.[Br-].[Mg+2]. The van der Waals surface area contributed by atoms with Crippen molar-refractivity contribution >= 4 is 23.1 Å². The molecule has 0 radical (unpaired) electrons. The number of fused-ring (bicyclic) bond motifs is 2. The summed E-state index contributed by atoms with van der Waals surface area (Å²) >= 11 is 0. The molecule has 2 atom stereocenters. The van der Waals surface area contributed by atoms with Crippen molar-refractivity contribution in [2.45, 2.75) is 39.0 Å². The summed E-state index contributed by atoms with van der Waals surface area (Å²) in [6, 6.07) is 0. The Bertz CT molecular complexity index is 116. The summed E-state index contributed by atoms with van der Waals surface area (Å²) in [6.45, 7) is 2.40. The fraction of sp³-hybridized carbons (Fsp3) is 0.889. The van der Waals surface area contributed by atoms with Gasteiger partial charge in [-0.15, -0.1) is 0 Å². The second kappa shape index (κ2) is 5.08. The van der Waals surface area contributed by atoms with Crippen LogP contribution in [0.15, 0.2) is 0 Å². The molecule has 0 amide bonds. The molecule has 0 aliphatic heterocycles. The molecule has 2 aliphatic rings. The minimum absolute atomic E-state index is 0. The largest absolute Gasteiger partial charge is 2.00 e. The molecule has 2 saturated carbocycles. The number of rotatable bonds is 0. The van der Waals surface area contributed by atoms with Crippen LogP contribution in [0.25, 0.3) is 0 Å². The van der Waals surface area contributed by atoms with Crippen LogP contribution in [-0.2, 0) is 0 Å². The van der Waals surface area contributed by atoms with Gasteiger partial charge in [-0.3, -0.25) is 0 Å². The van der Waals surface area contributed by atoms with Crippen molar-refractivity contribution in [3.63, 3.8) is 0 Å². The van der Waals surface area contributed by atoms with Crippen molar-refractivity contribution in [1.29, 1.82) is 0 Å². The van der Waals surface area contributed by atoms with Gasteiger partial charge in [-0.2, -0.15) is 18.8 Å². The first-order valence-corrected chi connectivity index (χ1v) is 4.21. The summed E-state index contributed by atoms with van der Waals surface area (Å²) in [5, 5.41) is 0. The van der Waals surface area contributed by atoms with E-state index in [1.165, 1.54) is 32.1 Å². The van der Waals surface area contributed by atoms with Gasteiger partial charge in [-0.1, -0.05) is 32.1 Å². The molecule has 0 nitrogen and oxygen atoms in total. The zero-order valence-electron chi connectivity index (χ0n) is 7.28. The van der Waals surface area contributed by atoms with Crippen LogP contribution in [-0.4, -0.2) is 23.1 Å². The van der Waals surface area contributed by atoms with Crippen LogP contribution in [0.1, 0.15) is 39.0 Å². The van der Waals surface area contributed by atoms with Crippen LogP contribution in [0.2, 0.25) is 0 Å². The van der Waals surface area contributed by atoms with Gasteiger partial charge in [0.15, 0.2) is 0 Å². The fourth-order valence-corrected chi connectivity index (χ4v) is 2.35. The summed E-state index contributed by atoms with van der Waals surface area (Å²) in [4.78, 5) is 0. The Hall–Kier alpha value is 1.25. The van der Waals surface area contributed by atoms with Crippen LogP contribution in [0.4, 0.5) is 0 Å². The first-order chi connectivity index (χ1) is 4.36. The van der Waals surface area contributed by atoms with E-state index in [-0.39, 0.29) is 40.0 Å². The third-order valence-electron chi connectivity index (χ3n) is 3.13. The Morgan fingerprint density at radius 2 is 1.91 bits per heavy atom. The van der Waals surface area contributed by atoms with E-state index in [0.717, 1.165) is 11.8 Å². The van der Waals surface area contributed by atoms with Gasteiger partial charge in [0.25, 0.3) is 0 Å². The smallest absolute Gasteiger partial charge is 1.00 e. The van der Waals surface area contributed by atoms with Gasteiger partial charge in [-0.05, 0) is 0 Å². The fourth-order valence-electron chi connectivity index (χ4n) is 2.35. The van der Waals surface area contributed by atoms with E-state index in [1.807, 2.05) is 5.92 Å². The maximum Gasteiger partial charge on any atom is 2.00 e. The molecule has 0 heterocycles. The summed E-state index contributed by atoms with van der Waals surface area (Å²) in [5.74, 6) is 3.96. The Balaban J connectivity index is 0.000000500. The van der Waals surface area contributed by atoms with Crippen molar-refractivity contribution in [3.8, 4) is 0 Å². The van der Waals surface area contributed by atoms with E-state index in [1.54, 1.807) is 0 Å². The monoisotopic (exact) mass is 226 g/mol. The minimum atomic E-state index is 0. The van der Waals surface area contributed by atoms with Crippen molar-refractivity contribution in [1.82, 2.24) is 0 Å². The molecule has 2 unspecified atom stereocenters. The van der Waals surface area contributed by atoms with Gasteiger partial charge in [0, 0.05) is 0 Å². The van der Waals surface area contributed by atoms with Gasteiger partial charge >= 0.3 is 23.1 Å². The van der Waals surface area contributed by atoms with Crippen LogP contribution >= 0.6 is 0 Å². The zero-order valence-corrected chi connectivity index (χ0v) is 10.3. The quantitative estimate of drug-likeness (QED) is 0.383.